The first kappa shape index (κ1) is 15.8. The summed E-state index contributed by atoms with van der Waals surface area (Å²) in [6, 6.07) is 6.95. The second-order valence-electron chi connectivity index (χ2n) is 7.14. The van der Waals surface area contributed by atoms with Crippen LogP contribution in [0.2, 0.25) is 0 Å². The summed E-state index contributed by atoms with van der Waals surface area (Å²) in [5.41, 5.74) is 3.91. The molecule has 1 aliphatic carbocycles. The van der Waals surface area contributed by atoms with Crippen LogP contribution in [0.1, 0.15) is 35.6 Å². The number of piperazine rings is 1. The minimum atomic E-state index is -0.143. The van der Waals surface area contributed by atoms with Gasteiger partial charge in [0.15, 0.2) is 0 Å². The maximum Gasteiger partial charge on any atom is 0.123 e. The van der Waals surface area contributed by atoms with Crippen LogP contribution < -0.4 is 0 Å². The summed E-state index contributed by atoms with van der Waals surface area (Å²) >= 11 is 0. The van der Waals surface area contributed by atoms with Crippen LogP contribution in [0, 0.1) is 5.82 Å². The molecule has 0 unspecified atom stereocenters. The minimum Gasteiger partial charge on any atom is -0.297 e. The quantitative estimate of drug-likeness (QED) is 0.843. The Bertz CT molecular complexity index is 699. The van der Waals surface area contributed by atoms with Crippen LogP contribution in [0.4, 0.5) is 4.39 Å². The van der Waals surface area contributed by atoms with Gasteiger partial charge in [-0.2, -0.15) is 5.10 Å². The number of hydrogen-bond donors (Lipinski definition) is 0. The van der Waals surface area contributed by atoms with Crippen molar-refractivity contribution in [3.8, 4) is 0 Å². The van der Waals surface area contributed by atoms with Crippen molar-refractivity contribution in [3.63, 3.8) is 0 Å². The molecule has 1 saturated carbocycles. The van der Waals surface area contributed by atoms with Gasteiger partial charge in [0.25, 0.3) is 0 Å². The summed E-state index contributed by atoms with van der Waals surface area (Å²) in [5.74, 6) is 0.595. The molecule has 1 aromatic carbocycles. The summed E-state index contributed by atoms with van der Waals surface area (Å²) in [5, 5.41) is 4.47. The fourth-order valence-corrected chi connectivity index (χ4v) is 3.74. The van der Waals surface area contributed by atoms with Crippen molar-refractivity contribution in [2.75, 3.05) is 26.2 Å². The van der Waals surface area contributed by atoms with E-state index < -0.39 is 0 Å². The Labute approximate surface area is 142 Å². The van der Waals surface area contributed by atoms with Crippen LogP contribution in [-0.4, -0.2) is 45.8 Å². The zero-order valence-corrected chi connectivity index (χ0v) is 14.3. The monoisotopic (exact) mass is 328 g/mol. The second kappa shape index (κ2) is 6.65. The maximum absolute atomic E-state index is 13.3. The van der Waals surface area contributed by atoms with Gasteiger partial charge in [0.2, 0.25) is 0 Å². The molecule has 4 rings (SSSR count). The van der Waals surface area contributed by atoms with E-state index in [4.69, 9.17) is 0 Å². The van der Waals surface area contributed by atoms with Gasteiger partial charge in [-0.3, -0.25) is 14.5 Å². The third-order valence-electron chi connectivity index (χ3n) is 5.18. The molecular formula is C19H25FN4. The molecule has 24 heavy (non-hydrogen) atoms. The van der Waals surface area contributed by atoms with Crippen molar-refractivity contribution in [2.45, 2.75) is 31.8 Å². The van der Waals surface area contributed by atoms with Crippen LogP contribution in [0.15, 0.2) is 30.5 Å². The molecule has 1 aromatic heterocycles. The molecule has 2 heterocycles. The highest BCUT2D eigenvalue weighted by Crippen LogP contribution is 2.41. The minimum absolute atomic E-state index is 0.143. The van der Waals surface area contributed by atoms with E-state index in [1.807, 2.05) is 12.3 Å². The Morgan fingerprint density at radius 1 is 1.08 bits per heavy atom. The fourth-order valence-electron chi connectivity index (χ4n) is 3.74. The van der Waals surface area contributed by atoms with Crippen LogP contribution in [0.5, 0.6) is 0 Å². The molecule has 0 N–H and O–H groups in total. The summed E-state index contributed by atoms with van der Waals surface area (Å²) in [6.45, 7) is 6.05. The Morgan fingerprint density at radius 3 is 2.46 bits per heavy atom. The molecule has 2 aromatic rings. The number of aryl methyl sites for hydroxylation is 1. The van der Waals surface area contributed by atoms with Gasteiger partial charge in [-0.25, -0.2) is 4.39 Å². The van der Waals surface area contributed by atoms with Crippen molar-refractivity contribution in [3.05, 3.63) is 53.1 Å². The lowest BCUT2D eigenvalue weighted by Gasteiger charge is -2.34. The fraction of sp³-hybridized carbons (Fsp3) is 0.526. The highest BCUT2D eigenvalue weighted by Gasteiger charge is 2.30. The molecule has 5 heteroatoms. The van der Waals surface area contributed by atoms with Gasteiger partial charge in [-0.1, -0.05) is 12.1 Å². The van der Waals surface area contributed by atoms with Gasteiger partial charge in [0, 0.05) is 63.5 Å². The Balaban J connectivity index is 1.32. The molecule has 4 nitrogen and oxygen atoms in total. The van der Waals surface area contributed by atoms with Gasteiger partial charge in [0.05, 0.1) is 6.20 Å². The zero-order valence-electron chi connectivity index (χ0n) is 14.3. The van der Waals surface area contributed by atoms with Gasteiger partial charge in [-0.05, 0) is 30.5 Å². The largest absolute Gasteiger partial charge is 0.297 e. The van der Waals surface area contributed by atoms with E-state index in [9.17, 15) is 4.39 Å². The molecule has 0 bridgehead atoms. The van der Waals surface area contributed by atoms with Crippen LogP contribution >= 0.6 is 0 Å². The standard InChI is InChI=1S/C19H25FN4/c1-22-19(16-5-6-16)17(12-21-22)14-24-9-7-23(8-10-24)13-15-3-2-4-18(20)11-15/h2-4,11-12,16H,5-10,13-14H2,1H3. The molecule has 2 aliphatic rings. The third-order valence-corrected chi connectivity index (χ3v) is 5.18. The van der Waals surface area contributed by atoms with Crippen LogP contribution in [0.25, 0.3) is 0 Å². The maximum atomic E-state index is 13.3. The van der Waals surface area contributed by atoms with E-state index in [1.54, 1.807) is 12.1 Å². The topological polar surface area (TPSA) is 24.3 Å². The highest BCUT2D eigenvalue weighted by atomic mass is 19.1. The summed E-state index contributed by atoms with van der Waals surface area (Å²) < 4.78 is 15.4. The first-order valence-corrected chi connectivity index (χ1v) is 8.89. The summed E-state index contributed by atoms with van der Waals surface area (Å²) in [7, 11) is 2.06. The van der Waals surface area contributed by atoms with Crippen LogP contribution in [-0.2, 0) is 20.1 Å². The number of halogens is 1. The van der Waals surface area contributed by atoms with E-state index in [-0.39, 0.29) is 5.82 Å². The number of aromatic nitrogens is 2. The summed E-state index contributed by atoms with van der Waals surface area (Å²) in [4.78, 5) is 4.93. The molecule has 2 fully saturated rings. The van der Waals surface area contributed by atoms with E-state index in [0.29, 0.717) is 0 Å². The average Bonchev–Trinajstić information content (AvgIpc) is 3.33. The lowest BCUT2D eigenvalue weighted by Crippen LogP contribution is -2.45. The van der Waals surface area contributed by atoms with Gasteiger partial charge < -0.3 is 0 Å². The zero-order chi connectivity index (χ0) is 16.5. The smallest absolute Gasteiger partial charge is 0.123 e. The molecule has 0 spiro atoms. The van der Waals surface area contributed by atoms with Crippen LogP contribution in [0.3, 0.4) is 0 Å². The first-order chi connectivity index (χ1) is 11.7. The van der Waals surface area contributed by atoms with Gasteiger partial charge in [-0.15, -0.1) is 0 Å². The molecular weight excluding hydrogens is 303 g/mol. The molecule has 0 radical (unpaired) electrons. The Morgan fingerprint density at radius 2 is 1.79 bits per heavy atom. The van der Waals surface area contributed by atoms with E-state index in [1.165, 1.54) is 30.2 Å². The highest BCUT2D eigenvalue weighted by molar-refractivity contribution is 5.25. The van der Waals surface area contributed by atoms with Crippen molar-refractivity contribution in [1.82, 2.24) is 19.6 Å². The summed E-state index contributed by atoms with van der Waals surface area (Å²) in [6.07, 6.45) is 4.68. The van der Waals surface area contributed by atoms with Crippen molar-refractivity contribution in [2.24, 2.45) is 7.05 Å². The molecule has 1 aliphatic heterocycles. The van der Waals surface area contributed by atoms with Crippen molar-refractivity contribution < 1.29 is 4.39 Å². The number of benzene rings is 1. The number of rotatable bonds is 5. The van der Waals surface area contributed by atoms with E-state index in [2.05, 4.69) is 26.6 Å². The van der Waals surface area contributed by atoms with E-state index >= 15 is 0 Å². The molecule has 1 saturated heterocycles. The third kappa shape index (κ3) is 3.52. The first-order valence-electron chi connectivity index (χ1n) is 8.89. The van der Waals surface area contributed by atoms with Crippen molar-refractivity contribution in [1.29, 1.82) is 0 Å². The number of hydrogen-bond acceptors (Lipinski definition) is 3. The van der Waals surface area contributed by atoms with Gasteiger partial charge >= 0.3 is 0 Å². The second-order valence-corrected chi connectivity index (χ2v) is 7.14. The van der Waals surface area contributed by atoms with Crippen molar-refractivity contribution >= 4 is 0 Å². The Kier molecular flexibility index (Phi) is 4.37. The molecule has 0 amide bonds. The normalized spacial score (nSPS) is 19.8. The Hall–Kier alpha value is -1.72. The van der Waals surface area contributed by atoms with E-state index in [0.717, 1.165) is 50.7 Å². The average molecular weight is 328 g/mol. The number of nitrogens with zero attached hydrogens (tertiary/aromatic N) is 4. The lowest BCUT2D eigenvalue weighted by molar-refractivity contribution is 0.121. The van der Waals surface area contributed by atoms with Gasteiger partial charge in [0.1, 0.15) is 5.82 Å². The molecule has 0 atom stereocenters. The SMILES string of the molecule is Cn1ncc(CN2CCN(Cc3cccc(F)c3)CC2)c1C1CC1. The predicted molar refractivity (Wildman–Crippen MR) is 92.1 cm³/mol. The predicted octanol–water partition coefficient (Wildman–Crippen LogP) is 2.75. The lowest BCUT2D eigenvalue weighted by atomic mass is 10.1. The molecule has 128 valence electrons.